The average Bonchev–Trinajstić information content (AvgIpc) is 3.28. The van der Waals surface area contributed by atoms with Gasteiger partial charge in [0, 0.05) is 0 Å². The van der Waals surface area contributed by atoms with Crippen LogP contribution in [0.2, 0.25) is 0 Å². The van der Waals surface area contributed by atoms with E-state index in [1.807, 2.05) is 6.08 Å². The van der Waals surface area contributed by atoms with Crippen molar-refractivity contribution < 1.29 is 20.1 Å². The molecule has 0 aromatic heterocycles. The van der Waals surface area contributed by atoms with E-state index in [0.717, 1.165) is 51.4 Å². The minimum absolute atomic E-state index is 0.385. The van der Waals surface area contributed by atoms with Gasteiger partial charge in [-0.05, 0) is 77.0 Å². The summed E-state index contributed by atoms with van der Waals surface area (Å²) in [5, 5.41) is 33.3. The van der Waals surface area contributed by atoms with Crippen LogP contribution in [0.1, 0.15) is 271 Å². The maximum absolute atomic E-state index is 12.5. The minimum atomic E-state index is -1.12. The number of aliphatic hydroxyl groups is 3. The summed E-state index contributed by atoms with van der Waals surface area (Å²) in [6.45, 7) is 4.18. The van der Waals surface area contributed by atoms with Crippen LogP contribution < -0.4 is 5.32 Å². The second-order valence-corrected chi connectivity index (χ2v) is 18.4. The Kier molecular flexibility index (Phi) is 50.1. The SMILES string of the molecule is CCCCCCCCCCC/C=C\C/C=C\CCCCCCCCCCC(O)C(=O)NC(CO)C(O)/C=C/CC/C=C/CC/C=C/CCCCCCCCCCCCCCCC. The zero-order chi connectivity index (χ0) is 45.1. The number of hydrogen-bond donors (Lipinski definition) is 4. The predicted molar refractivity (Wildman–Crippen MR) is 273 cm³/mol. The van der Waals surface area contributed by atoms with E-state index in [2.05, 4.69) is 67.8 Å². The molecule has 0 aromatic carbocycles. The lowest BCUT2D eigenvalue weighted by Gasteiger charge is -2.21. The Hall–Kier alpha value is -1.95. The van der Waals surface area contributed by atoms with Gasteiger partial charge in [0.2, 0.25) is 5.91 Å². The first-order valence-corrected chi connectivity index (χ1v) is 27.1. The molecule has 0 spiro atoms. The number of unbranched alkanes of at least 4 members (excludes halogenated alkanes) is 33. The Bertz CT molecular complexity index is 1050. The number of hydrogen-bond acceptors (Lipinski definition) is 4. The van der Waals surface area contributed by atoms with Gasteiger partial charge in [-0.2, -0.15) is 0 Å². The summed E-state index contributed by atoms with van der Waals surface area (Å²) in [4.78, 5) is 12.5. The topological polar surface area (TPSA) is 89.8 Å². The highest BCUT2D eigenvalue weighted by Gasteiger charge is 2.22. The molecule has 3 atom stereocenters. The second-order valence-electron chi connectivity index (χ2n) is 18.4. The largest absolute Gasteiger partial charge is 0.394 e. The van der Waals surface area contributed by atoms with Gasteiger partial charge in [-0.15, -0.1) is 0 Å². The molecule has 4 N–H and O–H groups in total. The molecule has 0 saturated carbocycles. The fraction of sp³-hybridized carbons (Fsp3) is 0.807. The van der Waals surface area contributed by atoms with Crippen LogP contribution in [0.3, 0.4) is 0 Å². The molecule has 62 heavy (non-hydrogen) atoms. The molecule has 0 aromatic rings. The fourth-order valence-electron chi connectivity index (χ4n) is 8.07. The van der Waals surface area contributed by atoms with Crippen molar-refractivity contribution >= 4 is 5.91 Å². The predicted octanol–water partition coefficient (Wildman–Crippen LogP) is 16.6. The molecule has 0 saturated heterocycles. The van der Waals surface area contributed by atoms with E-state index in [-0.39, 0.29) is 6.61 Å². The molecule has 5 nitrogen and oxygen atoms in total. The molecule has 0 aliphatic carbocycles. The summed E-state index contributed by atoms with van der Waals surface area (Å²) in [6.07, 6.45) is 70.0. The van der Waals surface area contributed by atoms with Crippen LogP contribution in [0, 0.1) is 0 Å². The summed E-state index contributed by atoms with van der Waals surface area (Å²) in [7, 11) is 0. The number of rotatable bonds is 49. The Balaban J connectivity index is 3.69. The van der Waals surface area contributed by atoms with E-state index in [1.165, 1.54) is 199 Å². The summed E-state index contributed by atoms with van der Waals surface area (Å²) >= 11 is 0. The van der Waals surface area contributed by atoms with Crippen molar-refractivity contribution in [3.05, 3.63) is 60.8 Å². The molecule has 362 valence electrons. The van der Waals surface area contributed by atoms with E-state index in [9.17, 15) is 20.1 Å². The molecule has 0 fully saturated rings. The lowest BCUT2D eigenvalue weighted by Crippen LogP contribution is -2.48. The highest BCUT2D eigenvalue weighted by atomic mass is 16.3. The van der Waals surface area contributed by atoms with Crippen molar-refractivity contribution in [1.82, 2.24) is 5.32 Å². The molecular weight excluding hydrogens is 763 g/mol. The lowest BCUT2D eigenvalue weighted by atomic mass is 10.0. The second kappa shape index (κ2) is 51.7. The molecule has 3 unspecified atom stereocenters. The number of amides is 1. The van der Waals surface area contributed by atoms with Crippen molar-refractivity contribution in [3.8, 4) is 0 Å². The zero-order valence-corrected chi connectivity index (χ0v) is 41.2. The van der Waals surface area contributed by atoms with Crippen LogP contribution in [0.4, 0.5) is 0 Å². The van der Waals surface area contributed by atoms with E-state index in [4.69, 9.17) is 0 Å². The molecule has 0 bridgehead atoms. The van der Waals surface area contributed by atoms with Crippen molar-refractivity contribution in [1.29, 1.82) is 0 Å². The fourth-order valence-corrected chi connectivity index (χ4v) is 8.07. The lowest BCUT2D eigenvalue weighted by molar-refractivity contribution is -0.131. The summed E-state index contributed by atoms with van der Waals surface area (Å²) in [5.74, 6) is -0.521. The van der Waals surface area contributed by atoms with Gasteiger partial charge >= 0.3 is 0 Å². The molecule has 0 aliphatic heterocycles. The standard InChI is InChI=1S/C57H105NO4/c1-3-5-7-9-11-13-15-17-19-21-23-25-27-29-31-33-35-37-39-41-43-45-47-49-51-55(60)54(53-59)58-57(62)56(61)52-50-48-46-44-42-40-38-36-34-32-30-28-26-24-22-20-18-16-14-12-10-8-6-4-2/h24,26,30,32-33,35,41,43,49,51,54-56,59-61H,3-23,25,27-29,31,34,36-40,42,44-48,50,52-53H2,1-2H3,(H,58,62)/b26-24-,32-30-,35-33+,43-41+,51-49+. The van der Waals surface area contributed by atoms with Gasteiger partial charge in [0.1, 0.15) is 6.10 Å². The first kappa shape index (κ1) is 60.1. The van der Waals surface area contributed by atoms with Gasteiger partial charge in [0.05, 0.1) is 18.8 Å². The van der Waals surface area contributed by atoms with Gasteiger partial charge in [-0.1, -0.05) is 254 Å². The molecule has 1 amide bonds. The van der Waals surface area contributed by atoms with Gasteiger partial charge in [-0.25, -0.2) is 0 Å². The number of nitrogens with one attached hydrogen (secondary N) is 1. The quantitative estimate of drug-likeness (QED) is 0.0362. The van der Waals surface area contributed by atoms with Crippen molar-refractivity contribution in [2.24, 2.45) is 0 Å². The normalized spacial score (nSPS) is 13.8. The molecule has 5 heteroatoms. The third-order valence-electron chi connectivity index (χ3n) is 12.3. The van der Waals surface area contributed by atoms with Crippen LogP contribution in [0.25, 0.3) is 0 Å². The van der Waals surface area contributed by atoms with E-state index in [1.54, 1.807) is 6.08 Å². The van der Waals surface area contributed by atoms with Crippen LogP contribution in [0.5, 0.6) is 0 Å². The van der Waals surface area contributed by atoms with Gasteiger partial charge in [-0.3, -0.25) is 4.79 Å². The van der Waals surface area contributed by atoms with Crippen molar-refractivity contribution in [2.45, 2.75) is 289 Å². The maximum Gasteiger partial charge on any atom is 0.249 e. The molecule has 0 aliphatic rings. The number of allylic oxidation sites excluding steroid dienone is 9. The van der Waals surface area contributed by atoms with Gasteiger partial charge < -0.3 is 20.6 Å². The van der Waals surface area contributed by atoms with E-state index < -0.39 is 24.2 Å². The Morgan fingerprint density at radius 3 is 1.08 bits per heavy atom. The van der Waals surface area contributed by atoms with E-state index >= 15 is 0 Å². The van der Waals surface area contributed by atoms with Gasteiger partial charge in [0.25, 0.3) is 0 Å². The van der Waals surface area contributed by atoms with Crippen LogP contribution >= 0.6 is 0 Å². The molecule has 0 radical (unpaired) electrons. The summed E-state index contributed by atoms with van der Waals surface area (Å²) in [5.41, 5.74) is 0. The van der Waals surface area contributed by atoms with Crippen molar-refractivity contribution in [2.75, 3.05) is 6.61 Å². The number of aliphatic hydroxyl groups excluding tert-OH is 3. The molecule has 0 heterocycles. The Morgan fingerprint density at radius 1 is 0.403 bits per heavy atom. The molecule has 0 rings (SSSR count). The smallest absolute Gasteiger partial charge is 0.249 e. The van der Waals surface area contributed by atoms with Crippen LogP contribution in [-0.2, 0) is 4.79 Å². The third-order valence-corrected chi connectivity index (χ3v) is 12.3. The first-order chi connectivity index (χ1) is 30.6. The summed E-state index contributed by atoms with van der Waals surface area (Å²) < 4.78 is 0. The molecular formula is C57H105NO4. The van der Waals surface area contributed by atoms with Crippen LogP contribution in [-0.4, -0.2) is 46.1 Å². The maximum atomic E-state index is 12.5. The van der Waals surface area contributed by atoms with Crippen molar-refractivity contribution in [3.63, 3.8) is 0 Å². The first-order valence-electron chi connectivity index (χ1n) is 27.1. The minimum Gasteiger partial charge on any atom is -0.394 e. The van der Waals surface area contributed by atoms with E-state index in [0.29, 0.717) is 6.42 Å². The third kappa shape index (κ3) is 46.1. The van der Waals surface area contributed by atoms with Crippen LogP contribution in [0.15, 0.2) is 60.8 Å². The Morgan fingerprint density at radius 2 is 0.710 bits per heavy atom. The average molecular weight is 868 g/mol. The Labute approximate surface area is 386 Å². The highest BCUT2D eigenvalue weighted by Crippen LogP contribution is 2.15. The highest BCUT2D eigenvalue weighted by molar-refractivity contribution is 5.80. The van der Waals surface area contributed by atoms with Gasteiger partial charge in [0.15, 0.2) is 0 Å². The monoisotopic (exact) mass is 868 g/mol. The zero-order valence-electron chi connectivity index (χ0n) is 41.2. The summed E-state index contributed by atoms with van der Waals surface area (Å²) in [6, 6.07) is -0.827. The number of carbonyl (C=O) groups is 1. The number of carbonyl (C=O) groups excluding carboxylic acids is 1.